The second-order valence-corrected chi connectivity index (χ2v) is 4.23. The van der Waals surface area contributed by atoms with Crippen molar-refractivity contribution in [1.82, 2.24) is 15.3 Å². The Balaban J connectivity index is 1.80. The smallest absolute Gasteiger partial charge is 0.221 e. The molecule has 2 unspecified atom stereocenters. The number of aromatic amines is 1. The number of carbonyl (C=O) groups excluding carboxylic acids is 1. The molecule has 0 saturated carbocycles. The molecule has 0 fully saturated rings. The van der Waals surface area contributed by atoms with Crippen LogP contribution >= 0.6 is 0 Å². The molecular weight excluding hydrogens is 202 g/mol. The van der Waals surface area contributed by atoms with Gasteiger partial charge in [-0.05, 0) is 25.7 Å². The normalized spacial score (nSPS) is 20.9. The van der Waals surface area contributed by atoms with Crippen molar-refractivity contribution in [1.29, 1.82) is 0 Å². The van der Waals surface area contributed by atoms with Gasteiger partial charge in [-0.1, -0.05) is 12.2 Å². The fourth-order valence-corrected chi connectivity index (χ4v) is 1.99. The molecule has 0 saturated heterocycles. The number of allylic oxidation sites excluding steroid dienone is 2. The molecule has 4 nitrogen and oxygen atoms in total. The van der Waals surface area contributed by atoms with Crippen LogP contribution in [0.1, 0.15) is 38.1 Å². The fourth-order valence-electron chi connectivity index (χ4n) is 1.99. The lowest BCUT2D eigenvalue weighted by Crippen LogP contribution is -2.28. The van der Waals surface area contributed by atoms with Crippen LogP contribution in [0.2, 0.25) is 0 Å². The third kappa shape index (κ3) is 2.72. The van der Waals surface area contributed by atoms with E-state index >= 15 is 0 Å². The molecule has 16 heavy (non-hydrogen) atoms. The van der Waals surface area contributed by atoms with Gasteiger partial charge in [-0.15, -0.1) is 0 Å². The van der Waals surface area contributed by atoms with Crippen molar-refractivity contribution in [3.8, 4) is 0 Å². The molecule has 4 heteroatoms. The zero-order valence-corrected chi connectivity index (χ0v) is 9.44. The van der Waals surface area contributed by atoms with Gasteiger partial charge in [-0.3, -0.25) is 4.79 Å². The average Bonchev–Trinajstić information content (AvgIpc) is 2.88. The van der Waals surface area contributed by atoms with Crippen LogP contribution in [0.4, 0.5) is 0 Å². The van der Waals surface area contributed by atoms with E-state index in [1.54, 1.807) is 12.4 Å². The third-order valence-corrected chi connectivity index (χ3v) is 2.87. The summed E-state index contributed by atoms with van der Waals surface area (Å²) in [6.07, 6.45) is 10.5. The Bertz CT molecular complexity index is 370. The Morgan fingerprint density at radius 3 is 3.25 bits per heavy atom. The van der Waals surface area contributed by atoms with E-state index in [4.69, 9.17) is 0 Å². The standard InChI is InChI=1S/C12H17N3O/c1-9(12-13-6-7-14-12)15-11(16)8-10-4-2-3-5-10/h2,4,6-7,9-10H,3,5,8H2,1H3,(H,13,14)(H,15,16). The van der Waals surface area contributed by atoms with Gasteiger partial charge >= 0.3 is 0 Å². The van der Waals surface area contributed by atoms with Gasteiger partial charge in [0.05, 0.1) is 6.04 Å². The molecule has 0 aliphatic heterocycles. The summed E-state index contributed by atoms with van der Waals surface area (Å²) >= 11 is 0. The third-order valence-electron chi connectivity index (χ3n) is 2.87. The summed E-state index contributed by atoms with van der Waals surface area (Å²) < 4.78 is 0. The second kappa shape index (κ2) is 4.96. The maximum absolute atomic E-state index is 11.7. The van der Waals surface area contributed by atoms with Crippen molar-refractivity contribution < 1.29 is 4.79 Å². The number of rotatable bonds is 4. The summed E-state index contributed by atoms with van der Waals surface area (Å²) in [7, 11) is 0. The number of hydrogen-bond donors (Lipinski definition) is 2. The summed E-state index contributed by atoms with van der Waals surface area (Å²) in [5.74, 6) is 1.32. The molecule has 1 aliphatic rings. The Labute approximate surface area is 95.2 Å². The van der Waals surface area contributed by atoms with Crippen LogP contribution in [0.25, 0.3) is 0 Å². The van der Waals surface area contributed by atoms with Crippen LogP contribution in [0.3, 0.4) is 0 Å². The van der Waals surface area contributed by atoms with Crippen LogP contribution < -0.4 is 5.32 Å². The Morgan fingerprint density at radius 2 is 2.62 bits per heavy atom. The molecule has 0 radical (unpaired) electrons. The minimum Gasteiger partial charge on any atom is -0.347 e. The number of nitrogens with one attached hydrogen (secondary N) is 2. The highest BCUT2D eigenvalue weighted by molar-refractivity contribution is 5.76. The summed E-state index contributed by atoms with van der Waals surface area (Å²) in [6, 6.07) is -0.0483. The average molecular weight is 219 g/mol. The first kappa shape index (κ1) is 10.9. The number of hydrogen-bond acceptors (Lipinski definition) is 2. The first-order valence-corrected chi connectivity index (χ1v) is 5.71. The molecule has 1 aromatic heterocycles. The summed E-state index contributed by atoms with van der Waals surface area (Å²) in [5, 5.41) is 2.94. The number of imidazole rings is 1. The van der Waals surface area contributed by atoms with E-state index < -0.39 is 0 Å². The number of H-pyrrole nitrogens is 1. The van der Waals surface area contributed by atoms with E-state index in [1.165, 1.54) is 0 Å². The van der Waals surface area contributed by atoms with Gasteiger partial charge in [0.25, 0.3) is 0 Å². The lowest BCUT2D eigenvalue weighted by Gasteiger charge is -2.13. The van der Waals surface area contributed by atoms with Gasteiger partial charge in [0.1, 0.15) is 5.82 Å². The van der Waals surface area contributed by atoms with Crippen molar-refractivity contribution >= 4 is 5.91 Å². The maximum atomic E-state index is 11.7. The second-order valence-electron chi connectivity index (χ2n) is 4.23. The molecule has 1 heterocycles. The lowest BCUT2D eigenvalue weighted by atomic mass is 10.0. The topological polar surface area (TPSA) is 57.8 Å². The molecular formula is C12H17N3O. The molecule has 0 bridgehead atoms. The highest BCUT2D eigenvalue weighted by Crippen LogP contribution is 2.20. The van der Waals surface area contributed by atoms with Crippen LogP contribution in [0.5, 0.6) is 0 Å². The number of nitrogens with zero attached hydrogens (tertiary/aromatic N) is 1. The van der Waals surface area contributed by atoms with Crippen LogP contribution in [-0.2, 0) is 4.79 Å². The summed E-state index contributed by atoms with van der Waals surface area (Å²) in [5.41, 5.74) is 0. The summed E-state index contributed by atoms with van der Waals surface area (Å²) in [4.78, 5) is 18.8. The van der Waals surface area contributed by atoms with Crippen LogP contribution in [-0.4, -0.2) is 15.9 Å². The fraction of sp³-hybridized carbons (Fsp3) is 0.500. The van der Waals surface area contributed by atoms with E-state index in [2.05, 4.69) is 27.4 Å². The zero-order chi connectivity index (χ0) is 11.4. The first-order chi connectivity index (χ1) is 7.75. The quantitative estimate of drug-likeness (QED) is 0.760. The lowest BCUT2D eigenvalue weighted by molar-refractivity contribution is -0.122. The largest absolute Gasteiger partial charge is 0.347 e. The molecule has 1 aliphatic carbocycles. The van der Waals surface area contributed by atoms with E-state index in [-0.39, 0.29) is 11.9 Å². The van der Waals surface area contributed by atoms with Gasteiger partial charge in [0, 0.05) is 18.8 Å². The van der Waals surface area contributed by atoms with Crippen molar-refractivity contribution in [2.45, 2.75) is 32.2 Å². The van der Waals surface area contributed by atoms with Crippen LogP contribution in [0, 0.1) is 5.92 Å². The van der Waals surface area contributed by atoms with Gasteiger partial charge < -0.3 is 10.3 Å². The Hall–Kier alpha value is -1.58. The molecule has 86 valence electrons. The van der Waals surface area contributed by atoms with Gasteiger partial charge in [0.15, 0.2) is 0 Å². The highest BCUT2D eigenvalue weighted by atomic mass is 16.1. The molecule has 0 aromatic carbocycles. The predicted octanol–water partition coefficient (Wildman–Crippen LogP) is 1.94. The minimum atomic E-state index is -0.0483. The highest BCUT2D eigenvalue weighted by Gasteiger charge is 2.16. The first-order valence-electron chi connectivity index (χ1n) is 5.71. The summed E-state index contributed by atoms with van der Waals surface area (Å²) in [6.45, 7) is 1.93. The van der Waals surface area contributed by atoms with Crippen molar-refractivity contribution in [2.24, 2.45) is 5.92 Å². The van der Waals surface area contributed by atoms with E-state index in [9.17, 15) is 4.79 Å². The van der Waals surface area contributed by atoms with Crippen molar-refractivity contribution in [2.75, 3.05) is 0 Å². The zero-order valence-electron chi connectivity index (χ0n) is 9.44. The predicted molar refractivity (Wildman–Crippen MR) is 61.6 cm³/mol. The monoisotopic (exact) mass is 219 g/mol. The van der Waals surface area contributed by atoms with Crippen molar-refractivity contribution in [3.05, 3.63) is 30.4 Å². The van der Waals surface area contributed by atoms with Gasteiger partial charge in [-0.2, -0.15) is 0 Å². The van der Waals surface area contributed by atoms with E-state index in [1.807, 2.05) is 6.92 Å². The number of aromatic nitrogens is 2. The number of carbonyl (C=O) groups is 1. The molecule has 0 spiro atoms. The molecule has 1 aromatic rings. The Kier molecular flexibility index (Phi) is 3.39. The SMILES string of the molecule is CC(NC(=O)CC1C=CCC1)c1ncc[nH]1. The minimum absolute atomic E-state index is 0.0483. The maximum Gasteiger partial charge on any atom is 0.221 e. The molecule has 1 amide bonds. The Morgan fingerprint density at radius 1 is 1.75 bits per heavy atom. The molecule has 2 N–H and O–H groups in total. The van der Waals surface area contributed by atoms with Gasteiger partial charge in [-0.25, -0.2) is 4.98 Å². The molecule has 2 rings (SSSR count). The van der Waals surface area contributed by atoms with E-state index in [0.29, 0.717) is 12.3 Å². The van der Waals surface area contributed by atoms with Crippen molar-refractivity contribution in [3.63, 3.8) is 0 Å². The van der Waals surface area contributed by atoms with Gasteiger partial charge in [0.2, 0.25) is 5.91 Å². The van der Waals surface area contributed by atoms with E-state index in [0.717, 1.165) is 18.7 Å². The van der Waals surface area contributed by atoms with Crippen LogP contribution in [0.15, 0.2) is 24.5 Å². The molecule has 2 atom stereocenters. The number of amides is 1.